The summed E-state index contributed by atoms with van der Waals surface area (Å²) < 4.78 is 52.0. The van der Waals surface area contributed by atoms with Crippen molar-refractivity contribution in [3.63, 3.8) is 0 Å². The first-order chi connectivity index (χ1) is 21.0. The first-order valence-corrected chi connectivity index (χ1v) is 15.9. The lowest BCUT2D eigenvalue weighted by atomic mass is 10.0. The van der Waals surface area contributed by atoms with Gasteiger partial charge in [0.2, 0.25) is 5.43 Å². The second-order valence-corrected chi connectivity index (χ2v) is 12.8. The van der Waals surface area contributed by atoms with E-state index in [2.05, 4.69) is 16.8 Å². The van der Waals surface area contributed by atoms with Crippen molar-refractivity contribution in [1.29, 1.82) is 0 Å². The molecule has 1 fully saturated rings. The maximum absolute atomic E-state index is 14.2. The summed E-state index contributed by atoms with van der Waals surface area (Å²) in [5.41, 5.74) is -2.88. The van der Waals surface area contributed by atoms with Crippen molar-refractivity contribution in [2.24, 2.45) is 4.76 Å². The van der Waals surface area contributed by atoms with Gasteiger partial charge in [-0.05, 0) is 57.5 Å². The van der Waals surface area contributed by atoms with Crippen LogP contribution in [0.5, 0.6) is 11.5 Å². The molecule has 1 aliphatic heterocycles. The van der Waals surface area contributed by atoms with Crippen molar-refractivity contribution in [3.05, 3.63) is 93.4 Å². The zero-order valence-corrected chi connectivity index (χ0v) is 24.9. The van der Waals surface area contributed by atoms with Crippen LogP contribution < -0.4 is 20.3 Å². The highest BCUT2D eigenvalue weighted by Crippen LogP contribution is 2.49. The molecule has 1 aliphatic carbocycles. The van der Waals surface area contributed by atoms with E-state index in [0.717, 1.165) is 31.2 Å². The fraction of sp³-hybridized carbons (Fsp3) is 0.333. The van der Waals surface area contributed by atoms with Gasteiger partial charge in [0.05, 0.1) is 6.16 Å². The Bertz CT molecular complexity index is 1710. The van der Waals surface area contributed by atoms with Gasteiger partial charge in [-0.25, -0.2) is 13.5 Å². The van der Waals surface area contributed by atoms with Gasteiger partial charge in [-0.1, -0.05) is 24.3 Å². The van der Waals surface area contributed by atoms with E-state index in [9.17, 15) is 32.8 Å². The molecule has 2 heterocycles. The molecule has 1 saturated carbocycles. The minimum absolute atomic E-state index is 0.00985. The number of nitrogens with zero attached hydrogens (tertiary/aromatic N) is 4. The molecular formula is C30H32F2N5O6P. The maximum atomic E-state index is 14.2. The number of halogens is 2. The highest BCUT2D eigenvalue weighted by molar-refractivity contribution is 7.58. The zero-order chi connectivity index (χ0) is 31.6. The average Bonchev–Trinajstić information content (AvgIpc) is 3.48. The summed E-state index contributed by atoms with van der Waals surface area (Å²) in [6, 6.07) is 11.4. The van der Waals surface area contributed by atoms with Gasteiger partial charge in [0.25, 0.3) is 11.8 Å². The first kappa shape index (κ1) is 30.9. The molecule has 1 unspecified atom stereocenters. The van der Waals surface area contributed by atoms with E-state index in [1.54, 1.807) is 47.2 Å². The number of aromatic nitrogens is 1. The minimum Gasteiger partial charge on any atom is -0.502 e. The summed E-state index contributed by atoms with van der Waals surface area (Å²) >= 11 is 0. The Morgan fingerprint density at radius 3 is 2.50 bits per heavy atom. The predicted molar refractivity (Wildman–Crippen MR) is 160 cm³/mol. The Kier molecular flexibility index (Phi) is 8.60. The molecule has 232 valence electrons. The van der Waals surface area contributed by atoms with Crippen LogP contribution in [0.3, 0.4) is 0 Å². The highest BCUT2D eigenvalue weighted by Gasteiger charge is 2.52. The Morgan fingerprint density at radius 1 is 1.16 bits per heavy atom. The molecule has 14 heteroatoms. The van der Waals surface area contributed by atoms with E-state index in [0.29, 0.717) is 24.7 Å². The van der Waals surface area contributed by atoms with E-state index in [4.69, 9.17) is 4.52 Å². The maximum Gasteiger partial charge on any atom is 0.363 e. The van der Waals surface area contributed by atoms with Crippen LogP contribution in [0.2, 0.25) is 0 Å². The number of carbonyl (C=O) groups excluding carboxylic acids is 2. The average molecular weight is 628 g/mol. The largest absolute Gasteiger partial charge is 0.502 e. The molecule has 1 aromatic heterocycles. The lowest BCUT2D eigenvalue weighted by Crippen LogP contribution is -2.70. The summed E-state index contributed by atoms with van der Waals surface area (Å²) in [5, 5.41) is 15.2. The molecule has 2 N–H and O–H groups in total. The van der Waals surface area contributed by atoms with Crippen LogP contribution in [0, 0.1) is 11.6 Å². The molecule has 44 heavy (non-hydrogen) atoms. The number of benzene rings is 2. The van der Waals surface area contributed by atoms with Crippen LogP contribution >= 0.6 is 7.52 Å². The van der Waals surface area contributed by atoms with Gasteiger partial charge < -0.3 is 19.8 Å². The molecule has 0 saturated heterocycles. The third-order valence-electron chi connectivity index (χ3n) is 8.08. The Balaban J connectivity index is 1.54. The second kappa shape index (κ2) is 12.2. The standard InChI is InChI=1S/C30H32F2N5O6P/c1-3-35-29(41)25-27(39)26(38)23(28(40)34-18-20-11-12-21(31)17-24(20)32)19-36(25)37(30(35)13-7-8-14-30)15-16-44(42,33-2)43-22-9-5-4-6-10-22/h4-6,9-12,17,19,39H,2-3,7-8,13-16,18H2,1H3,(H,34,40). The number of para-hydroxylation sites is 1. The SMILES string of the molecule is C=NP(=O)(CCN1n2cc(C(=O)NCc3ccc(F)cc3F)c(=O)c(O)c2C(=O)N(CC)C12CCCC2)Oc1ccccc1. The van der Waals surface area contributed by atoms with Crippen molar-refractivity contribution in [1.82, 2.24) is 14.9 Å². The number of rotatable bonds is 10. The van der Waals surface area contributed by atoms with Gasteiger partial charge in [-0.3, -0.25) is 28.6 Å². The molecule has 1 atom stereocenters. The van der Waals surface area contributed by atoms with Crippen molar-refractivity contribution in [3.8, 4) is 11.5 Å². The van der Waals surface area contributed by atoms with Crippen LogP contribution in [-0.4, -0.2) is 58.1 Å². The lowest BCUT2D eigenvalue weighted by Gasteiger charge is -2.54. The van der Waals surface area contributed by atoms with Crippen LogP contribution in [0.1, 0.15) is 59.0 Å². The lowest BCUT2D eigenvalue weighted by molar-refractivity contribution is 0.0297. The molecule has 0 bridgehead atoms. The van der Waals surface area contributed by atoms with E-state index in [-0.39, 0.29) is 37.1 Å². The number of hydrogen-bond donors (Lipinski definition) is 2. The summed E-state index contributed by atoms with van der Waals surface area (Å²) in [6.07, 6.45) is 3.64. The van der Waals surface area contributed by atoms with Crippen molar-refractivity contribution in [2.45, 2.75) is 44.8 Å². The number of hydrogen-bond acceptors (Lipinski definition) is 7. The minimum atomic E-state index is -3.72. The molecule has 11 nitrogen and oxygen atoms in total. The summed E-state index contributed by atoms with van der Waals surface area (Å²) in [6.45, 7) is 5.14. The third kappa shape index (κ3) is 5.59. The monoisotopic (exact) mass is 627 g/mol. The number of aromatic hydroxyl groups is 1. The fourth-order valence-corrected chi connectivity index (χ4v) is 7.15. The summed E-state index contributed by atoms with van der Waals surface area (Å²) in [4.78, 5) is 41.8. The number of nitrogens with one attached hydrogen (secondary N) is 1. The van der Waals surface area contributed by atoms with E-state index < -0.39 is 53.4 Å². The molecule has 5 rings (SSSR count). The normalized spacial score (nSPS) is 16.8. The van der Waals surface area contributed by atoms with Crippen LogP contribution in [0.15, 0.2) is 64.3 Å². The fourth-order valence-electron chi connectivity index (χ4n) is 5.97. The van der Waals surface area contributed by atoms with Crippen molar-refractivity contribution >= 4 is 26.1 Å². The van der Waals surface area contributed by atoms with E-state index in [1.807, 2.05) is 0 Å². The Morgan fingerprint density at radius 2 is 1.86 bits per heavy atom. The molecule has 2 aliphatic rings. The predicted octanol–water partition coefficient (Wildman–Crippen LogP) is 4.42. The van der Waals surface area contributed by atoms with Crippen molar-refractivity contribution in [2.75, 3.05) is 24.3 Å². The third-order valence-corrected chi connectivity index (χ3v) is 9.77. The summed E-state index contributed by atoms with van der Waals surface area (Å²) in [7, 11) is -3.72. The topological polar surface area (TPSA) is 134 Å². The highest BCUT2D eigenvalue weighted by atomic mass is 31.2. The number of carbonyl (C=O) groups is 2. The van der Waals surface area contributed by atoms with Gasteiger partial charge >= 0.3 is 7.52 Å². The smallest absolute Gasteiger partial charge is 0.363 e. The number of fused-ring (bicyclic) bond motifs is 1. The van der Waals surface area contributed by atoms with Crippen molar-refractivity contribution < 1.29 is 32.6 Å². The van der Waals surface area contributed by atoms with Gasteiger partial charge in [-0.15, -0.1) is 0 Å². The van der Waals surface area contributed by atoms with Gasteiger partial charge in [0.1, 0.15) is 28.6 Å². The number of amides is 2. The van der Waals surface area contributed by atoms with Crippen LogP contribution in [0.25, 0.3) is 0 Å². The van der Waals surface area contributed by atoms with E-state index in [1.165, 1.54) is 4.68 Å². The Hall–Kier alpha value is -4.51. The van der Waals surface area contributed by atoms with Gasteiger partial charge in [0.15, 0.2) is 11.4 Å². The quantitative estimate of drug-likeness (QED) is 0.251. The van der Waals surface area contributed by atoms with Gasteiger partial charge in [0, 0.05) is 37.5 Å². The molecular weight excluding hydrogens is 595 g/mol. The molecule has 1 spiro atoms. The van der Waals surface area contributed by atoms with Crippen LogP contribution in [-0.2, 0) is 11.1 Å². The molecule has 2 amide bonds. The summed E-state index contributed by atoms with van der Waals surface area (Å²) in [5.74, 6) is -3.80. The van der Waals surface area contributed by atoms with Crippen LogP contribution in [0.4, 0.5) is 8.78 Å². The second-order valence-electron chi connectivity index (χ2n) is 10.6. The van der Waals surface area contributed by atoms with Gasteiger partial charge in [-0.2, -0.15) is 0 Å². The molecule has 2 aromatic carbocycles. The molecule has 3 aromatic rings. The Labute approximate surface area is 252 Å². The molecule has 0 radical (unpaired) electrons. The zero-order valence-electron chi connectivity index (χ0n) is 24.0. The first-order valence-electron chi connectivity index (χ1n) is 14.2. The van der Waals surface area contributed by atoms with E-state index >= 15 is 0 Å². The number of pyridine rings is 1.